The molecule has 1 aromatic heterocycles. The van der Waals surface area contributed by atoms with E-state index >= 15 is 0 Å². The van der Waals surface area contributed by atoms with Crippen LogP contribution in [0, 0.1) is 23.6 Å². The van der Waals surface area contributed by atoms with Gasteiger partial charge in [0.15, 0.2) is 0 Å². The van der Waals surface area contributed by atoms with Gasteiger partial charge in [0.2, 0.25) is 11.8 Å². The lowest BCUT2D eigenvalue weighted by Gasteiger charge is -2.28. The molecule has 2 saturated carbocycles. The fraction of sp³-hybridized carbons (Fsp3) is 0.538. The Morgan fingerprint density at radius 3 is 2.29 bits per heavy atom. The quantitative estimate of drug-likeness (QED) is 0.377. The number of benzene rings is 1. The van der Waals surface area contributed by atoms with Crippen LogP contribution in [-0.4, -0.2) is 46.3 Å². The van der Waals surface area contributed by atoms with Gasteiger partial charge in [-0.1, -0.05) is 6.07 Å². The minimum absolute atomic E-state index is 0.0659. The van der Waals surface area contributed by atoms with Crippen LogP contribution in [0.25, 0.3) is 0 Å². The average molecular weight is 538 g/mol. The van der Waals surface area contributed by atoms with Crippen molar-refractivity contribution in [2.45, 2.75) is 64.2 Å². The Morgan fingerprint density at radius 1 is 1.08 bits per heavy atom. The summed E-state index contributed by atoms with van der Waals surface area (Å²) >= 11 is 0. The monoisotopic (exact) mass is 537 g/mol. The zero-order valence-electron chi connectivity index (χ0n) is 21.1. The molecule has 0 saturated heterocycles. The Balaban J connectivity index is 1.47. The van der Waals surface area contributed by atoms with E-state index < -0.39 is 48.7 Å². The smallest absolute Gasteiger partial charge is 0.347 e. The molecule has 12 heteroatoms. The number of carbonyl (C=O) groups is 3. The molecule has 4 rings (SSSR count). The molecule has 3 amide bonds. The van der Waals surface area contributed by atoms with Crippen LogP contribution in [0.2, 0.25) is 0 Å². The number of hydrogen-bond donors (Lipinski definition) is 3. The number of nitrogens with one attached hydrogen (secondary N) is 3. The zero-order valence-corrected chi connectivity index (χ0v) is 21.1. The van der Waals surface area contributed by atoms with Crippen molar-refractivity contribution in [2.24, 2.45) is 17.8 Å². The number of aromatic nitrogens is 2. The molecule has 206 valence electrons. The van der Waals surface area contributed by atoms with Gasteiger partial charge in [-0.05, 0) is 81.0 Å². The molecular formula is C26H31F4N5O3. The molecule has 2 fully saturated rings. The maximum Gasteiger partial charge on any atom is 0.405 e. The highest BCUT2D eigenvalue weighted by atomic mass is 19.4. The maximum atomic E-state index is 14.8. The molecule has 0 spiro atoms. The largest absolute Gasteiger partial charge is 0.405 e. The first-order valence-corrected chi connectivity index (χ1v) is 12.7. The molecular weight excluding hydrogens is 506 g/mol. The van der Waals surface area contributed by atoms with Gasteiger partial charge in [-0.15, -0.1) is 0 Å². The molecule has 38 heavy (non-hydrogen) atoms. The van der Waals surface area contributed by atoms with Crippen LogP contribution in [0.5, 0.6) is 0 Å². The first-order valence-electron chi connectivity index (χ1n) is 12.7. The predicted molar refractivity (Wildman–Crippen MR) is 131 cm³/mol. The lowest BCUT2D eigenvalue weighted by atomic mass is 9.88. The van der Waals surface area contributed by atoms with Crippen LogP contribution in [0.15, 0.2) is 30.5 Å². The number of alkyl halides is 3. The second-order valence-electron chi connectivity index (χ2n) is 10.3. The lowest BCUT2D eigenvalue weighted by Crippen LogP contribution is -2.50. The minimum atomic E-state index is -4.55. The van der Waals surface area contributed by atoms with Crippen molar-refractivity contribution in [3.8, 4) is 0 Å². The van der Waals surface area contributed by atoms with Crippen LogP contribution >= 0.6 is 0 Å². The third-order valence-electron chi connectivity index (χ3n) is 6.82. The zero-order chi connectivity index (χ0) is 27.6. The summed E-state index contributed by atoms with van der Waals surface area (Å²) < 4.78 is 53.3. The van der Waals surface area contributed by atoms with Crippen LogP contribution in [0.4, 0.5) is 23.2 Å². The van der Waals surface area contributed by atoms with E-state index in [1.807, 2.05) is 13.8 Å². The molecule has 1 heterocycles. The topological polar surface area (TPSA) is 105 Å². The normalized spacial score (nSPS) is 16.4. The van der Waals surface area contributed by atoms with Gasteiger partial charge < -0.3 is 16.0 Å². The van der Waals surface area contributed by atoms with Gasteiger partial charge in [0.05, 0.1) is 12.1 Å². The van der Waals surface area contributed by atoms with Crippen molar-refractivity contribution < 1.29 is 31.9 Å². The van der Waals surface area contributed by atoms with Gasteiger partial charge in [0.25, 0.3) is 5.91 Å². The van der Waals surface area contributed by atoms with Gasteiger partial charge in [-0.25, -0.2) is 4.39 Å². The molecule has 0 radical (unpaired) electrons. The Bertz CT molecular complexity index is 1180. The summed E-state index contributed by atoms with van der Waals surface area (Å²) in [6.07, 6.45) is 0.371. The fourth-order valence-corrected chi connectivity index (χ4v) is 4.78. The third kappa shape index (κ3) is 7.11. The van der Waals surface area contributed by atoms with Gasteiger partial charge in [-0.2, -0.15) is 18.3 Å². The highest BCUT2D eigenvalue weighted by molar-refractivity contribution is 6.01. The molecule has 1 atom stereocenters. The average Bonchev–Trinajstić information content (AvgIpc) is 3.78. The van der Waals surface area contributed by atoms with Gasteiger partial charge in [-0.3, -0.25) is 19.1 Å². The van der Waals surface area contributed by atoms with E-state index in [0.717, 1.165) is 31.7 Å². The van der Waals surface area contributed by atoms with E-state index in [-0.39, 0.29) is 23.2 Å². The van der Waals surface area contributed by atoms with E-state index in [1.54, 1.807) is 16.1 Å². The number of carbonyl (C=O) groups excluding carboxylic acids is 3. The first kappa shape index (κ1) is 27.6. The summed E-state index contributed by atoms with van der Waals surface area (Å²) in [5, 5.41) is 11.4. The van der Waals surface area contributed by atoms with Gasteiger partial charge >= 0.3 is 6.18 Å². The SMILES string of the molecule is CC(C)n1nccc1C(=O)NC(C(=O)Nc1ccc(CC(=O)NCC(F)(F)F)cc1F)C(C1CC1)C1CC1. The van der Waals surface area contributed by atoms with Gasteiger partial charge in [0, 0.05) is 12.2 Å². The standard InChI is InChI=1S/C26H31F4N5O3/c1-14(2)35-20(9-10-32-35)24(37)34-23(22(16-4-5-16)17-6-7-17)25(38)33-19-8-3-15(11-18(19)27)12-21(36)31-13-26(28,29)30/h3,8-11,14,16-17,22-23H,4-7,12-13H2,1-2H3,(H,31,36)(H,33,38)(H,34,37). The number of anilines is 1. The van der Waals surface area contributed by atoms with Crippen molar-refractivity contribution in [1.29, 1.82) is 0 Å². The number of rotatable bonds is 11. The van der Waals surface area contributed by atoms with Crippen molar-refractivity contribution >= 4 is 23.4 Å². The van der Waals surface area contributed by atoms with E-state index in [4.69, 9.17) is 0 Å². The number of amides is 3. The Labute approximate surface area is 217 Å². The van der Waals surface area contributed by atoms with E-state index in [0.29, 0.717) is 17.5 Å². The molecule has 2 aromatic rings. The second kappa shape index (κ2) is 11.1. The fourth-order valence-electron chi connectivity index (χ4n) is 4.78. The van der Waals surface area contributed by atoms with E-state index in [1.165, 1.54) is 18.3 Å². The van der Waals surface area contributed by atoms with Crippen molar-refractivity contribution in [3.63, 3.8) is 0 Å². The summed E-state index contributed by atoms with van der Waals surface area (Å²) in [6, 6.07) is 4.25. The highest BCUT2D eigenvalue weighted by Gasteiger charge is 2.48. The van der Waals surface area contributed by atoms with E-state index in [2.05, 4.69) is 15.7 Å². The van der Waals surface area contributed by atoms with Crippen molar-refractivity contribution in [1.82, 2.24) is 20.4 Å². The Morgan fingerprint density at radius 2 is 1.74 bits per heavy atom. The van der Waals surface area contributed by atoms with Crippen LogP contribution in [0.1, 0.15) is 61.6 Å². The van der Waals surface area contributed by atoms with Crippen LogP contribution in [0.3, 0.4) is 0 Å². The molecule has 1 aromatic carbocycles. The molecule has 0 aliphatic heterocycles. The van der Waals surface area contributed by atoms with Gasteiger partial charge in [0.1, 0.15) is 24.1 Å². The summed E-state index contributed by atoms with van der Waals surface area (Å²) in [5.74, 6) is -2.20. The molecule has 0 bridgehead atoms. The highest BCUT2D eigenvalue weighted by Crippen LogP contribution is 2.51. The van der Waals surface area contributed by atoms with Crippen molar-refractivity contribution in [2.75, 3.05) is 11.9 Å². The lowest BCUT2D eigenvalue weighted by molar-refractivity contribution is -0.138. The number of halogens is 4. The molecule has 2 aliphatic rings. The third-order valence-corrected chi connectivity index (χ3v) is 6.82. The Hall–Kier alpha value is -3.44. The number of hydrogen-bond acceptors (Lipinski definition) is 4. The summed E-state index contributed by atoms with van der Waals surface area (Å²) in [7, 11) is 0. The molecule has 8 nitrogen and oxygen atoms in total. The summed E-state index contributed by atoms with van der Waals surface area (Å²) in [5.41, 5.74) is 0.328. The minimum Gasteiger partial charge on any atom is -0.347 e. The summed E-state index contributed by atoms with van der Waals surface area (Å²) in [4.78, 5) is 38.4. The Kier molecular flexibility index (Phi) is 8.08. The van der Waals surface area contributed by atoms with Crippen LogP contribution in [-0.2, 0) is 16.0 Å². The second-order valence-corrected chi connectivity index (χ2v) is 10.3. The van der Waals surface area contributed by atoms with E-state index in [9.17, 15) is 31.9 Å². The molecule has 2 aliphatic carbocycles. The summed E-state index contributed by atoms with van der Waals surface area (Å²) in [6.45, 7) is 2.30. The van der Waals surface area contributed by atoms with Crippen LogP contribution < -0.4 is 16.0 Å². The maximum absolute atomic E-state index is 14.8. The molecule has 1 unspecified atom stereocenters. The van der Waals surface area contributed by atoms with Crippen molar-refractivity contribution in [3.05, 3.63) is 47.5 Å². The first-order chi connectivity index (χ1) is 17.9. The predicted octanol–water partition coefficient (Wildman–Crippen LogP) is 4.00. The molecule has 3 N–H and O–H groups in total. The number of nitrogens with zero attached hydrogens (tertiary/aromatic N) is 2.